The van der Waals surface area contributed by atoms with Crippen LogP contribution in [0, 0.1) is 0 Å². The van der Waals surface area contributed by atoms with Crippen molar-refractivity contribution in [2.75, 3.05) is 40.9 Å². The van der Waals surface area contributed by atoms with Crippen molar-refractivity contribution in [3.8, 4) is 5.75 Å². The quantitative estimate of drug-likeness (QED) is 0.762. The lowest BCUT2D eigenvalue weighted by Gasteiger charge is -2.35. The Morgan fingerprint density at radius 3 is 2.74 bits per heavy atom. The van der Waals surface area contributed by atoms with Crippen molar-refractivity contribution >= 4 is 0 Å². The highest BCUT2D eigenvalue weighted by molar-refractivity contribution is 5.20. The predicted octanol–water partition coefficient (Wildman–Crippen LogP) is 1.12. The molecule has 0 bridgehead atoms. The molecule has 1 aromatic heterocycles. The Morgan fingerprint density at radius 1 is 1.39 bits per heavy atom. The van der Waals surface area contributed by atoms with Gasteiger partial charge in [0.25, 0.3) is 0 Å². The molecule has 1 aliphatic heterocycles. The smallest absolute Gasteiger partial charge is 0.223 e. The molecule has 0 aromatic carbocycles. The number of ether oxygens (including phenoxy) is 1. The van der Waals surface area contributed by atoms with Crippen molar-refractivity contribution in [2.45, 2.75) is 38.4 Å². The van der Waals surface area contributed by atoms with Crippen LogP contribution in [0.5, 0.6) is 5.75 Å². The number of rotatable bonds is 7. The number of hydrogen-bond donors (Lipinski definition) is 1. The van der Waals surface area contributed by atoms with E-state index in [-0.39, 0.29) is 11.2 Å². The molecule has 6 heteroatoms. The Kier molecular flexibility index (Phi) is 6.62. The van der Waals surface area contributed by atoms with Crippen LogP contribution in [0.1, 0.15) is 25.0 Å². The lowest BCUT2D eigenvalue weighted by Crippen LogP contribution is -2.42. The Hall–Kier alpha value is -1.37. The van der Waals surface area contributed by atoms with Crippen molar-refractivity contribution in [3.05, 3.63) is 28.2 Å². The number of aromatic nitrogens is 1. The zero-order valence-electron chi connectivity index (χ0n) is 14.5. The first-order valence-corrected chi connectivity index (χ1v) is 8.31. The van der Waals surface area contributed by atoms with Gasteiger partial charge in [-0.3, -0.25) is 9.69 Å². The van der Waals surface area contributed by atoms with E-state index in [9.17, 15) is 9.90 Å². The van der Waals surface area contributed by atoms with Crippen LogP contribution in [-0.4, -0.2) is 66.4 Å². The zero-order valence-corrected chi connectivity index (χ0v) is 14.5. The number of pyridine rings is 1. The molecule has 0 atom stereocenters. The number of methoxy groups -OCH3 is 1. The monoisotopic (exact) mass is 323 g/mol. The molecule has 2 rings (SSSR count). The number of aromatic hydroxyl groups is 1. The van der Waals surface area contributed by atoms with Crippen LogP contribution in [0.2, 0.25) is 0 Å². The van der Waals surface area contributed by atoms with Gasteiger partial charge < -0.3 is 19.3 Å². The maximum atomic E-state index is 11.8. The zero-order chi connectivity index (χ0) is 16.8. The molecule has 1 saturated heterocycles. The van der Waals surface area contributed by atoms with Crippen LogP contribution < -0.4 is 5.43 Å². The van der Waals surface area contributed by atoms with Crippen LogP contribution in [0.4, 0.5) is 0 Å². The molecular weight excluding hydrogens is 294 g/mol. The average molecular weight is 323 g/mol. The number of nitrogens with zero attached hydrogens (tertiary/aromatic N) is 3. The van der Waals surface area contributed by atoms with Gasteiger partial charge in [-0.2, -0.15) is 0 Å². The summed E-state index contributed by atoms with van der Waals surface area (Å²) in [7, 11) is 5.95. The van der Waals surface area contributed by atoms with Crippen molar-refractivity contribution in [1.82, 2.24) is 14.4 Å². The minimum Gasteiger partial charge on any atom is -0.503 e. The maximum Gasteiger partial charge on any atom is 0.223 e. The lowest BCUT2D eigenvalue weighted by molar-refractivity contribution is 0.136. The minimum atomic E-state index is -0.306. The van der Waals surface area contributed by atoms with Crippen LogP contribution in [0.25, 0.3) is 0 Å². The lowest BCUT2D eigenvalue weighted by atomic mass is 10.0. The van der Waals surface area contributed by atoms with E-state index in [1.165, 1.54) is 0 Å². The fraction of sp³-hybridized carbons (Fsp3) is 0.706. The average Bonchev–Trinajstić information content (AvgIpc) is 2.52. The van der Waals surface area contributed by atoms with Gasteiger partial charge in [0.15, 0.2) is 5.75 Å². The van der Waals surface area contributed by atoms with Crippen molar-refractivity contribution in [3.63, 3.8) is 0 Å². The first kappa shape index (κ1) is 18.0. The molecule has 1 aromatic rings. The molecule has 0 unspecified atom stereocenters. The van der Waals surface area contributed by atoms with Gasteiger partial charge in [0.1, 0.15) is 0 Å². The van der Waals surface area contributed by atoms with E-state index in [4.69, 9.17) is 4.74 Å². The predicted molar refractivity (Wildman–Crippen MR) is 90.8 cm³/mol. The third-order valence-electron chi connectivity index (χ3n) is 4.67. The van der Waals surface area contributed by atoms with E-state index in [2.05, 4.69) is 23.9 Å². The Morgan fingerprint density at radius 2 is 2.09 bits per heavy atom. The molecule has 0 amide bonds. The van der Waals surface area contributed by atoms with E-state index in [1.807, 2.05) is 4.57 Å². The second-order valence-electron chi connectivity index (χ2n) is 6.50. The second kappa shape index (κ2) is 8.47. The van der Waals surface area contributed by atoms with Gasteiger partial charge >= 0.3 is 0 Å². The molecule has 1 aliphatic rings. The summed E-state index contributed by atoms with van der Waals surface area (Å²) in [4.78, 5) is 16.5. The van der Waals surface area contributed by atoms with E-state index in [1.54, 1.807) is 19.4 Å². The van der Waals surface area contributed by atoms with Crippen molar-refractivity contribution < 1.29 is 9.84 Å². The van der Waals surface area contributed by atoms with Gasteiger partial charge in [0.2, 0.25) is 5.43 Å². The van der Waals surface area contributed by atoms with Gasteiger partial charge in [-0.1, -0.05) is 0 Å². The molecule has 130 valence electrons. The van der Waals surface area contributed by atoms with Gasteiger partial charge in [0, 0.05) is 44.6 Å². The van der Waals surface area contributed by atoms with Crippen molar-refractivity contribution in [2.24, 2.45) is 0 Å². The standard InChI is InChI=1S/C17H29N3O3/c1-18-8-5-14(6-9-18)19(2)12-15-11-16(21)17(22)13-20(15)7-4-10-23-3/h11,13-14,22H,4-10,12H2,1-3H3. The van der Waals surface area contributed by atoms with Gasteiger partial charge in [-0.25, -0.2) is 0 Å². The van der Waals surface area contributed by atoms with E-state index >= 15 is 0 Å². The third-order valence-corrected chi connectivity index (χ3v) is 4.67. The molecule has 1 fully saturated rings. The Balaban J connectivity index is 2.07. The minimum absolute atomic E-state index is 0.187. The van der Waals surface area contributed by atoms with E-state index in [0.717, 1.165) is 51.1 Å². The van der Waals surface area contributed by atoms with Crippen LogP contribution in [0.15, 0.2) is 17.1 Å². The molecule has 6 nitrogen and oxygen atoms in total. The molecule has 23 heavy (non-hydrogen) atoms. The molecule has 2 heterocycles. The number of likely N-dealkylation sites (tertiary alicyclic amines) is 1. The summed E-state index contributed by atoms with van der Waals surface area (Å²) in [6, 6.07) is 2.11. The molecule has 0 spiro atoms. The highest BCUT2D eigenvalue weighted by atomic mass is 16.5. The molecule has 0 aliphatic carbocycles. The topological polar surface area (TPSA) is 57.9 Å². The van der Waals surface area contributed by atoms with Gasteiger partial charge in [-0.05, 0) is 46.4 Å². The summed E-state index contributed by atoms with van der Waals surface area (Å²) >= 11 is 0. The fourth-order valence-corrected chi connectivity index (χ4v) is 3.15. The fourth-order valence-electron chi connectivity index (χ4n) is 3.15. The molecule has 0 saturated carbocycles. The third kappa shape index (κ3) is 5.06. The van der Waals surface area contributed by atoms with Crippen LogP contribution in [-0.2, 0) is 17.8 Å². The van der Waals surface area contributed by atoms with Crippen LogP contribution in [0.3, 0.4) is 0 Å². The summed E-state index contributed by atoms with van der Waals surface area (Å²) in [5.41, 5.74) is 0.644. The van der Waals surface area contributed by atoms with E-state index in [0.29, 0.717) is 12.6 Å². The molecular formula is C17H29N3O3. The van der Waals surface area contributed by atoms with Gasteiger partial charge in [0.05, 0.1) is 6.20 Å². The maximum absolute atomic E-state index is 11.8. The SMILES string of the molecule is COCCCn1cc(O)c(=O)cc1CN(C)C1CCN(C)CC1. The van der Waals surface area contributed by atoms with Crippen LogP contribution >= 0.6 is 0 Å². The molecule has 0 radical (unpaired) electrons. The molecule has 1 N–H and O–H groups in total. The highest BCUT2D eigenvalue weighted by Gasteiger charge is 2.21. The Labute approximate surface area is 138 Å². The summed E-state index contributed by atoms with van der Waals surface area (Å²) in [5, 5.41) is 9.71. The van der Waals surface area contributed by atoms with E-state index < -0.39 is 0 Å². The summed E-state index contributed by atoms with van der Waals surface area (Å²) in [6.45, 7) is 4.35. The first-order chi connectivity index (χ1) is 11.0. The summed E-state index contributed by atoms with van der Waals surface area (Å²) < 4.78 is 7.06. The van der Waals surface area contributed by atoms with Crippen molar-refractivity contribution in [1.29, 1.82) is 0 Å². The number of aryl methyl sites for hydroxylation is 1. The number of hydrogen-bond acceptors (Lipinski definition) is 5. The summed E-state index contributed by atoms with van der Waals surface area (Å²) in [5.74, 6) is -0.187. The second-order valence-corrected chi connectivity index (χ2v) is 6.50. The van der Waals surface area contributed by atoms with Gasteiger partial charge in [-0.15, -0.1) is 0 Å². The first-order valence-electron chi connectivity index (χ1n) is 8.31. The largest absolute Gasteiger partial charge is 0.503 e. The summed E-state index contributed by atoms with van der Waals surface area (Å²) in [6.07, 6.45) is 4.71. The normalized spacial score (nSPS) is 17.0. The number of piperidine rings is 1. The highest BCUT2D eigenvalue weighted by Crippen LogP contribution is 2.17. The Bertz CT molecular complexity index is 551.